The lowest BCUT2D eigenvalue weighted by molar-refractivity contribution is 0.101. The van der Waals surface area contributed by atoms with Crippen LogP contribution in [0, 0.1) is 5.92 Å². The number of hydrogen-bond donors (Lipinski definition) is 1. The van der Waals surface area contributed by atoms with Gasteiger partial charge >= 0.3 is 0 Å². The van der Waals surface area contributed by atoms with Crippen LogP contribution in [0.1, 0.15) is 36.7 Å². The molecular weight excluding hydrogens is 344 g/mol. The van der Waals surface area contributed by atoms with Crippen LogP contribution in [-0.4, -0.2) is 11.6 Å². The molecule has 0 spiro atoms. The number of carbonyl (C=O) groups is 1. The van der Waals surface area contributed by atoms with E-state index < -0.39 is 0 Å². The number of rotatable bonds is 6. The molecule has 0 saturated heterocycles. The minimum Gasteiger partial charge on any atom is -0.344 e. The number of ketones is 1. The maximum Gasteiger partial charge on any atom is 0.159 e. The summed E-state index contributed by atoms with van der Waals surface area (Å²) in [5, 5.41) is 4.04. The summed E-state index contributed by atoms with van der Waals surface area (Å²) in [5.74, 6) is 1.06. The number of halogens is 1. The van der Waals surface area contributed by atoms with E-state index >= 15 is 0 Å². The van der Waals surface area contributed by atoms with Gasteiger partial charge in [0.15, 0.2) is 5.78 Å². The van der Waals surface area contributed by atoms with E-state index in [0.717, 1.165) is 22.8 Å². The van der Waals surface area contributed by atoms with Gasteiger partial charge in [0.05, 0.1) is 5.70 Å². The van der Waals surface area contributed by atoms with Crippen molar-refractivity contribution in [2.45, 2.75) is 20.8 Å². The Balaban J connectivity index is 2.33. The lowest BCUT2D eigenvalue weighted by atomic mass is 10.1. The van der Waals surface area contributed by atoms with Crippen LogP contribution < -0.4 is 5.32 Å². The number of Topliss-reactive ketones (excluding diaryl/α,β-unsaturated/α-hetero) is 1. The van der Waals surface area contributed by atoms with Gasteiger partial charge in [-0.25, -0.2) is 4.99 Å². The molecule has 0 aliphatic heterocycles. The maximum atomic E-state index is 11.4. The lowest BCUT2D eigenvalue weighted by Gasteiger charge is -2.15. The van der Waals surface area contributed by atoms with Gasteiger partial charge in [0.25, 0.3) is 0 Å². The number of benzene rings is 2. The number of allylic oxidation sites excluding steroid dienone is 2. The first-order valence-corrected chi connectivity index (χ1v) is 8.83. The molecule has 1 N–H and O–H groups in total. The van der Waals surface area contributed by atoms with E-state index in [1.807, 2.05) is 54.6 Å². The second-order valence-electron chi connectivity index (χ2n) is 6.20. The average molecular weight is 367 g/mol. The summed E-state index contributed by atoms with van der Waals surface area (Å²) in [4.78, 5) is 16.2. The maximum absolute atomic E-state index is 11.4. The van der Waals surface area contributed by atoms with E-state index in [-0.39, 0.29) is 11.7 Å². The molecule has 0 saturated carbocycles. The second-order valence-corrected chi connectivity index (χ2v) is 6.64. The normalized spacial score (nSPS) is 12.2. The van der Waals surface area contributed by atoms with Gasteiger partial charge in [-0.1, -0.05) is 50.2 Å². The van der Waals surface area contributed by atoms with Crippen molar-refractivity contribution in [2.24, 2.45) is 10.9 Å². The van der Waals surface area contributed by atoms with Crippen LogP contribution in [0.5, 0.6) is 0 Å². The van der Waals surface area contributed by atoms with Crippen molar-refractivity contribution in [2.75, 3.05) is 5.32 Å². The van der Waals surface area contributed by atoms with E-state index in [0.29, 0.717) is 10.6 Å². The minimum atomic E-state index is 0.0493. The van der Waals surface area contributed by atoms with Crippen molar-refractivity contribution in [3.8, 4) is 0 Å². The van der Waals surface area contributed by atoms with Crippen LogP contribution in [0.4, 0.5) is 5.69 Å². The van der Waals surface area contributed by atoms with Crippen molar-refractivity contribution in [3.05, 3.63) is 83.4 Å². The van der Waals surface area contributed by atoms with Crippen molar-refractivity contribution in [1.82, 2.24) is 0 Å². The zero-order valence-electron chi connectivity index (χ0n) is 15.3. The summed E-state index contributed by atoms with van der Waals surface area (Å²) in [6.45, 7) is 9.48. The molecule has 0 heterocycles. The third-order valence-corrected chi connectivity index (χ3v) is 4.02. The molecule has 0 aromatic heterocycles. The molecule has 0 aliphatic rings. The highest BCUT2D eigenvalue weighted by Gasteiger charge is 2.09. The van der Waals surface area contributed by atoms with Gasteiger partial charge in [-0.3, -0.25) is 4.79 Å². The third-order valence-electron chi connectivity index (χ3n) is 3.77. The predicted molar refractivity (Wildman–Crippen MR) is 112 cm³/mol. The van der Waals surface area contributed by atoms with Crippen LogP contribution >= 0.6 is 11.6 Å². The Morgan fingerprint density at radius 3 is 2.15 bits per heavy atom. The summed E-state index contributed by atoms with van der Waals surface area (Å²) in [7, 11) is 0. The van der Waals surface area contributed by atoms with Gasteiger partial charge in [-0.2, -0.15) is 0 Å². The molecule has 2 aromatic rings. The molecule has 0 fully saturated rings. The topological polar surface area (TPSA) is 41.5 Å². The third kappa shape index (κ3) is 5.43. The molecule has 0 bridgehead atoms. The Hall–Kier alpha value is -2.65. The van der Waals surface area contributed by atoms with Crippen molar-refractivity contribution >= 4 is 34.6 Å². The molecule has 4 heteroatoms. The Morgan fingerprint density at radius 1 is 1.08 bits per heavy atom. The molecule has 2 aromatic carbocycles. The number of nitrogens with zero attached hydrogens (tertiary/aromatic N) is 1. The SMILES string of the molecule is C=C/C=C(\N=C(Nc1ccc(C(C)=O)cc1)C(C)C)c1ccc(Cl)cc1. The van der Waals surface area contributed by atoms with Crippen LogP contribution in [-0.2, 0) is 0 Å². The Labute approximate surface area is 160 Å². The highest BCUT2D eigenvalue weighted by atomic mass is 35.5. The second kappa shape index (κ2) is 9.16. The molecule has 0 unspecified atom stereocenters. The molecule has 0 aliphatic carbocycles. The monoisotopic (exact) mass is 366 g/mol. The molecule has 0 radical (unpaired) electrons. The quantitative estimate of drug-likeness (QED) is 0.284. The van der Waals surface area contributed by atoms with E-state index in [4.69, 9.17) is 16.6 Å². The van der Waals surface area contributed by atoms with Crippen molar-refractivity contribution in [3.63, 3.8) is 0 Å². The fraction of sp³-hybridized carbons (Fsp3) is 0.182. The zero-order chi connectivity index (χ0) is 19.1. The smallest absolute Gasteiger partial charge is 0.159 e. The van der Waals surface area contributed by atoms with Crippen LogP contribution in [0.25, 0.3) is 5.70 Å². The molecule has 134 valence electrons. The fourth-order valence-electron chi connectivity index (χ4n) is 2.30. The van der Waals surface area contributed by atoms with Gasteiger partial charge in [-0.15, -0.1) is 0 Å². The Morgan fingerprint density at radius 2 is 1.65 bits per heavy atom. The van der Waals surface area contributed by atoms with Crippen molar-refractivity contribution in [1.29, 1.82) is 0 Å². The standard InChI is InChI=1S/C22H23ClN2O/c1-5-6-21(18-7-11-19(23)12-8-18)25-22(15(2)3)24-20-13-9-17(10-14-20)16(4)26/h5-15H,1H2,2-4H3,(H,24,25)/b21-6-. The molecule has 2 rings (SSSR count). The van der Waals surface area contributed by atoms with Crippen LogP contribution in [0.3, 0.4) is 0 Å². The summed E-state index contributed by atoms with van der Waals surface area (Å²) in [6.07, 6.45) is 3.58. The van der Waals surface area contributed by atoms with Gasteiger partial charge < -0.3 is 5.32 Å². The van der Waals surface area contributed by atoms with E-state index in [1.54, 1.807) is 13.0 Å². The number of amidine groups is 1. The molecular formula is C22H23ClN2O. The summed E-state index contributed by atoms with van der Waals surface area (Å²) >= 11 is 5.98. The van der Waals surface area contributed by atoms with Gasteiger partial charge in [0.2, 0.25) is 0 Å². The molecule has 0 amide bonds. The number of hydrogen-bond acceptors (Lipinski definition) is 2. The van der Waals surface area contributed by atoms with Gasteiger partial charge in [0, 0.05) is 27.8 Å². The summed E-state index contributed by atoms with van der Waals surface area (Å²) in [5.41, 5.74) is 3.33. The molecule has 0 atom stereocenters. The van der Waals surface area contributed by atoms with Gasteiger partial charge in [-0.05, 0) is 49.4 Å². The van der Waals surface area contributed by atoms with E-state index in [1.165, 1.54) is 0 Å². The predicted octanol–water partition coefficient (Wildman–Crippen LogP) is 6.24. The van der Waals surface area contributed by atoms with E-state index in [9.17, 15) is 4.79 Å². The van der Waals surface area contributed by atoms with E-state index in [2.05, 4.69) is 25.7 Å². The molecule has 26 heavy (non-hydrogen) atoms. The van der Waals surface area contributed by atoms with Crippen LogP contribution in [0.2, 0.25) is 5.02 Å². The summed E-state index contributed by atoms with van der Waals surface area (Å²) in [6, 6.07) is 14.9. The number of carbonyl (C=O) groups excluding carboxylic acids is 1. The fourth-order valence-corrected chi connectivity index (χ4v) is 2.42. The largest absolute Gasteiger partial charge is 0.344 e. The number of nitrogens with one attached hydrogen (secondary N) is 1. The minimum absolute atomic E-state index is 0.0493. The average Bonchev–Trinajstić information content (AvgIpc) is 2.61. The van der Waals surface area contributed by atoms with Crippen LogP contribution in [0.15, 0.2) is 72.3 Å². The highest BCUT2D eigenvalue weighted by molar-refractivity contribution is 6.30. The molecule has 3 nitrogen and oxygen atoms in total. The van der Waals surface area contributed by atoms with Gasteiger partial charge in [0.1, 0.15) is 5.84 Å². The first-order chi connectivity index (χ1) is 12.4. The summed E-state index contributed by atoms with van der Waals surface area (Å²) < 4.78 is 0. The Bertz CT molecular complexity index is 831. The number of anilines is 1. The van der Waals surface area contributed by atoms with Crippen molar-refractivity contribution < 1.29 is 4.79 Å². The highest BCUT2D eigenvalue weighted by Crippen LogP contribution is 2.21. The lowest BCUT2D eigenvalue weighted by Crippen LogP contribution is -2.19. The zero-order valence-corrected chi connectivity index (χ0v) is 16.0. The first-order valence-electron chi connectivity index (χ1n) is 8.46. The number of aliphatic imine (C=N–C) groups is 1. The Kier molecular flexibility index (Phi) is 6.93. The first kappa shape index (κ1) is 19.7.